The number of para-hydroxylation sites is 1. The van der Waals surface area contributed by atoms with Crippen LogP contribution in [-0.2, 0) is 25.9 Å². The largest absolute Gasteiger partial charge is 0.493 e. The number of sulfone groups is 1. The number of nitrogens with one attached hydrogen (secondary N) is 2. The quantitative estimate of drug-likeness (QED) is 0.514. The Labute approximate surface area is 228 Å². The first kappa shape index (κ1) is 27.6. The summed E-state index contributed by atoms with van der Waals surface area (Å²) in [6.45, 7) is 1.39. The van der Waals surface area contributed by atoms with Crippen LogP contribution in [-0.4, -0.2) is 86.6 Å². The molecule has 3 aliphatic heterocycles. The van der Waals surface area contributed by atoms with E-state index in [0.717, 1.165) is 11.8 Å². The van der Waals surface area contributed by atoms with E-state index in [4.69, 9.17) is 9.47 Å². The van der Waals surface area contributed by atoms with Gasteiger partial charge in [0.2, 0.25) is 5.91 Å². The maximum atomic E-state index is 13.4. The molecule has 2 amide bonds. The van der Waals surface area contributed by atoms with Crippen molar-refractivity contribution in [2.75, 3.05) is 26.0 Å². The molecule has 0 radical (unpaired) electrons. The molecule has 2 aromatic rings. The van der Waals surface area contributed by atoms with Gasteiger partial charge >= 0.3 is 0 Å². The number of nitrogens with zero attached hydrogens (tertiary/aromatic N) is 1. The van der Waals surface area contributed by atoms with Gasteiger partial charge in [0.25, 0.3) is 5.91 Å². The van der Waals surface area contributed by atoms with Gasteiger partial charge in [-0.3, -0.25) is 14.5 Å². The number of amides is 2. The minimum absolute atomic E-state index is 0.119. The highest BCUT2D eigenvalue weighted by Crippen LogP contribution is 2.26. The lowest BCUT2D eigenvalue weighted by atomic mass is 9.99. The summed E-state index contributed by atoms with van der Waals surface area (Å²) in [5.41, 5.74) is 1.28. The Balaban J connectivity index is 1.39. The Bertz CT molecular complexity index is 1300. The van der Waals surface area contributed by atoms with Gasteiger partial charge in [-0.05, 0) is 49.1 Å². The van der Waals surface area contributed by atoms with E-state index < -0.39 is 28.1 Å². The molecular formula is C28H35N3O7S. The molecule has 4 bridgehead atoms. The minimum Gasteiger partial charge on any atom is -0.493 e. The number of aliphatic hydroxyl groups excluding tert-OH is 1. The highest BCUT2D eigenvalue weighted by atomic mass is 32.2. The SMILES string of the molecule is CS(=O)(=O)c1ccc(CN2C[C@@H]3C[C@H]2C(=O)NC[C@H]2O[C@H](CCOc4ccccc4C(=O)N3)CC[C@@H]2O)cc1. The molecule has 3 N–H and O–H groups in total. The lowest BCUT2D eigenvalue weighted by molar-refractivity contribution is -0.133. The van der Waals surface area contributed by atoms with E-state index >= 15 is 0 Å². The number of hydrogen-bond donors (Lipinski definition) is 3. The van der Waals surface area contributed by atoms with Crippen LogP contribution in [0.1, 0.15) is 41.6 Å². The number of benzene rings is 2. The normalized spacial score (nSPS) is 28.6. The van der Waals surface area contributed by atoms with Gasteiger partial charge in [0.1, 0.15) is 11.9 Å². The highest BCUT2D eigenvalue weighted by Gasteiger charge is 2.39. The average Bonchev–Trinajstić information content (AvgIpc) is 3.30. The molecule has 5 rings (SSSR count). The van der Waals surface area contributed by atoms with Gasteiger partial charge in [0, 0.05) is 38.4 Å². The van der Waals surface area contributed by atoms with Crippen LogP contribution in [0.3, 0.4) is 0 Å². The zero-order chi connectivity index (χ0) is 27.6. The Morgan fingerprint density at radius 3 is 2.59 bits per heavy atom. The van der Waals surface area contributed by atoms with Gasteiger partial charge in [-0.1, -0.05) is 24.3 Å². The summed E-state index contributed by atoms with van der Waals surface area (Å²) in [7, 11) is -3.32. The molecule has 210 valence electrons. The summed E-state index contributed by atoms with van der Waals surface area (Å²) in [6, 6.07) is 12.9. The maximum Gasteiger partial charge on any atom is 0.255 e. The van der Waals surface area contributed by atoms with Crippen LogP contribution in [0.5, 0.6) is 5.75 Å². The fourth-order valence-corrected chi connectivity index (χ4v) is 6.17. The molecule has 0 spiro atoms. The molecule has 0 aromatic heterocycles. The standard InChI is InChI=1S/C28H35N3O7S/c1-39(35,36)21-9-6-18(7-10-21)16-31-17-19-14-23(31)28(34)29-15-26-24(32)11-8-20(38-26)12-13-37-25-5-3-2-4-22(25)27(33)30-19/h2-7,9-10,19-20,23-24,26,32H,8,11-17H2,1H3,(H,29,34)(H,30,33)/t19-,20-,23-,24-,26+/m0/s1. The lowest BCUT2D eigenvalue weighted by Crippen LogP contribution is -2.50. The summed E-state index contributed by atoms with van der Waals surface area (Å²) < 4.78 is 35.8. The Morgan fingerprint density at radius 1 is 1.05 bits per heavy atom. The molecule has 2 fully saturated rings. The van der Waals surface area contributed by atoms with Crippen molar-refractivity contribution in [3.05, 3.63) is 59.7 Å². The fraction of sp³-hybridized carbons (Fsp3) is 0.500. The van der Waals surface area contributed by atoms with Crippen molar-refractivity contribution < 1.29 is 32.6 Å². The Morgan fingerprint density at radius 2 is 1.82 bits per heavy atom. The number of ether oxygens (including phenoxy) is 2. The molecule has 2 saturated heterocycles. The molecule has 0 aliphatic carbocycles. The number of likely N-dealkylation sites (tertiary alicyclic amines) is 1. The first-order valence-corrected chi connectivity index (χ1v) is 15.2. The molecule has 5 atom stereocenters. The minimum atomic E-state index is -3.32. The van der Waals surface area contributed by atoms with E-state index in [-0.39, 0.29) is 35.4 Å². The molecule has 39 heavy (non-hydrogen) atoms. The number of fused-ring (bicyclic) bond motifs is 5. The lowest BCUT2D eigenvalue weighted by Gasteiger charge is -2.34. The van der Waals surface area contributed by atoms with E-state index in [1.165, 1.54) is 0 Å². The molecule has 3 heterocycles. The van der Waals surface area contributed by atoms with E-state index in [2.05, 4.69) is 10.6 Å². The summed E-state index contributed by atoms with van der Waals surface area (Å²) in [4.78, 5) is 28.9. The third-order valence-corrected chi connectivity index (χ3v) is 8.79. The molecule has 10 nitrogen and oxygen atoms in total. The monoisotopic (exact) mass is 557 g/mol. The van der Waals surface area contributed by atoms with Crippen molar-refractivity contribution in [1.82, 2.24) is 15.5 Å². The molecule has 11 heteroatoms. The number of carbonyl (C=O) groups is 2. The van der Waals surface area contributed by atoms with Crippen molar-refractivity contribution >= 4 is 21.7 Å². The van der Waals surface area contributed by atoms with Crippen LogP contribution in [0.4, 0.5) is 0 Å². The summed E-state index contributed by atoms with van der Waals surface area (Å²) in [6.07, 6.45) is 2.13. The Hall–Kier alpha value is -2.99. The second-order valence-electron chi connectivity index (χ2n) is 10.6. The fourth-order valence-electron chi connectivity index (χ4n) is 5.54. The summed E-state index contributed by atoms with van der Waals surface area (Å²) in [5.74, 6) is 0.0242. The molecule has 0 unspecified atom stereocenters. The van der Waals surface area contributed by atoms with Gasteiger partial charge in [-0.25, -0.2) is 8.42 Å². The number of hydrogen-bond acceptors (Lipinski definition) is 8. The number of carbonyl (C=O) groups excluding carboxylic acids is 2. The first-order chi connectivity index (χ1) is 18.7. The van der Waals surface area contributed by atoms with Crippen molar-refractivity contribution in [3.8, 4) is 5.75 Å². The third kappa shape index (κ3) is 6.60. The average molecular weight is 558 g/mol. The second kappa shape index (κ2) is 11.6. The van der Waals surface area contributed by atoms with Crippen LogP contribution in [0.25, 0.3) is 0 Å². The number of rotatable bonds is 3. The van der Waals surface area contributed by atoms with Gasteiger partial charge in [-0.2, -0.15) is 0 Å². The molecular weight excluding hydrogens is 522 g/mol. The Kier molecular flexibility index (Phi) is 8.22. The van der Waals surface area contributed by atoms with Crippen LogP contribution in [0.15, 0.2) is 53.4 Å². The topological polar surface area (TPSA) is 134 Å². The predicted octanol–water partition coefficient (Wildman–Crippen LogP) is 1.27. The summed E-state index contributed by atoms with van der Waals surface area (Å²) in [5, 5.41) is 16.5. The number of aliphatic hydroxyl groups is 1. The summed E-state index contributed by atoms with van der Waals surface area (Å²) >= 11 is 0. The predicted molar refractivity (Wildman–Crippen MR) is 143 cm³/mol. The van der Waals surface area contributed by atoms with Crippen LogP contribution < -0.4 is 15.4 Å². The van der Waals surface area contributed by atoms with Gasteiger partial charge in [0.05, 0.1) is 35.3 Å². The zero-order valence-corrected chi connectivity index (χ0v) is 22.7. The van der Waals surface area contributed by atoms with Crippen molar-refractivity contribution in [2.24, 2.45) is 0 Å². The third-order valence-electron chi connectivity index (χ3n) is 7.67. The first-order valence-electron chi connectivity index (χ1n) is 13.3. The van der Waals surface area contributed by atoms with Gasteiger partial charge in [0.15, 0.2) is 9.84 Å². The van der Waals surface area contributed by atoms with E-state index in [9.17, 15) is 23.1 Å². The van der Waals surface area contributed by atoms with Crippen LogP contribution in [0, 0.1) is 0 Å². The molecule has 3 aliphatic rings. The van der Waals surface area contributed by atoms with E-state index in [0.29, 0.717) is 56.7 Å². The molecule has 0 saturated carbocycles. The maximum absolute atomic E-state index is 13.4. The van der Waals surface area contributed by atoms with Crippen molar-refractivity contribution in [2.45, 2.75) is 67.5 Å². The smallest absolute Gasteiger partial charge is 0.255 e. The van der Waals surface area contributed by atoms with Crippen LogP contribution in [0.2, 0.25) is 0 Å². The van der Waals surface area contributed by atoms with Gasteiger partial charge in [-0.15, -0.1) is 0 Å². The molecule has 2 aromatic carbocycles. The van der Waals surface area contributed by atoms with E-state index in [1.54, 1.807) is 42.5 Å². The van der Waals surface area contributed by atoms with Crippen LogP contribution >= 0.6 is 0 Å². The van der Waals surface area contributed by atoms with Gasteiger partial charge < -0.3 is 25.2 Å². The van der Waals surface area contributed by atoms with E-state index in [1.807, 2.05) is 11.0 Å². The highest BCUT2D eigenvalue weighted by molar-refractivity contribution is 7.90. The second-order valence-corrected chi connectivity index (χ2v) is 12.6. The van der Waals surface area contributed by atoms with Crippen molar-refractivity contribution in [3.63, 3.8) is 0 Å². The van der Waals surface area contributed by atoms with Crippen molar-refractivity contribution in [1.29, 1.82) is 0 Å². The zero-order valence-electron chi connectivity index (χ0n) is 21.9.